The summed E-state index contributed by atoms with van der Waals surface area (Å²) in [6.07, 6.45) is 4.83. The van der Waals surface area contributed by atoms with E-state index in [0.29, 0.717) is 0 Å². The molecule has 0 aliphatic rings. The van der Waals surface area contributed by atoms with E-state index in [9.17, 15) is 0 Å². The van der Waals surface area contributed by atoms with E-state index in [0.717, 1.165) is 37.7 Å². The number of thiophene rings is 1. The molecule has 3 heteroatoms. The van der Waals surface area contributed by atoms with Crippen LogP contribution in [0.1, 0.15) is 31.7 Å². The van der Waals surface area contributed by atoms with Gasteiger partial charge in [-0.2, -0.15) is 11.3 Å². The molecule has 92 valence electrons. The Kier molecular flexibility index (Phi) is 7.91. The van der Waals surface area contributed by atoms with Gasteiger partial charge >= 0.3 is 0 Å². The van der Waals surface area contributed by atoms with Gasteiger partial charge in [-0.1, -0.05) is 13.3 Å². The second-order valence-electron chi connectivity index (χ2n) is 4.22. The topological polar surface area (TPSA) is 12.0 Å². The maximum Gasteiger partial charge on any atom is 0.0226 e. The van der Waals surface area contributed by atoms with Gasteiger partial charge in [-0.25, -0.2) is 0 Å². The van der Waals surface area contributed by atoms with Crippen molar-refractivity contribution in [3.05, 3.63) is 22.4 Å². The van der Waals surface area contributed by atoms with Gasteiger partial charge < -0.3 is 5.32 Å². The summed E-state index contributed by atoms with van der Waals surface area (Å²) in [5.74, 6) is 1.54. The Morgan fingerprint density at radius 3 is 2.94 bits per heavy atom. The van der Waals surface area contributed by atoms with Crippen molar-refractivity contribution in [2.75, 3.05) is 19.0 Å². The van der Waals surface area contributed by atoms with Crippen molar-refractivity contribution in [3.8, 4) is 0 Å². The summed E-state index contributed by atoms with van der Waals surface area (Å²) >= 11 is 7.57. The van der Waals surface area contributed by atoms with E-state index in [1.54, 1.807) is 11.3 Å². The predicted molar refractivity (Wildman–Crippen MR) is 74.6 cm³/mol. The third-order valence-electron chi connectivity index (χ3n) is 2.82. The van der Waals surface area contributed by atoms with Gasteiger partial charge in [-0.05, 0) is 60.7 Å². The molecule has 0 amide bonds. The zero-order valence-corrected chi connectivity index (χ0v) is 11.6. The maximum absolute atomic E-state index is 5.80. The zero-order chi connectivity index (χ0) is 11.6. The van der Waals surface area contributed by atoms with Crippen LogP contribution in [0.15, 0.2) is 16.8 Å². The summed E-state index contributed by atoms with van der Waals surface area (Å²) in [4.78, 5) is 0. The first kappa shape index (κ1) is 14.0. The van der Waals surface area contributed by atoms with Gasteiger partial charge in [0.2, 0.25) is 0 Å². The highest BCUT2D eigenvalue weighted by Gasteiger charge is 2.06. The van der Waals surface area contributed by atoms with E-state index in [2.05, 4.69) is 29.1 Å². The lowest BCUT2D eigenvalue weighted by Crippen LogP contribution is -2.25. The fourth-order valence-electron chi connectivity index (χ4n) is 1.88. The first-order valence-corrected chi connectivity index (χ1v) is 7.62. The van der Waals surface area contributed by atoms with E-state index in [1.165, 1.54) is 18.4 Å². The van der Waals surface area contributed by atoms with Gasteiger partial charge in [-0.15, -0.1) is 11.6 Å². The molecule has 1 aromatic heterocycles. The molecule has 0 bridgehead atoms. The van der Waals surface area contributed by atoms with Crippen LogP contribution in [0.25, 0.3) is 0 Å². The summed E-state index contributed by atoms with van der Waals surface area (Å²) in [5.41, 5.74) is 1.45. The number of rotatable bonds is 9. The van der Waals surface area contributed by atoms with Gasteiger partial charge in [0.25, 0.3) is 0 Å². The van der Waals surface area contributed by atoms with E-state index < -0.39 is 0 Å². The summed E-state index contributed by atoms with van der Waals surface area (Å²) < 4.78 is 0. The molecule has 0 saturated heterocycles. The minimum atomic E-state index is 0.755. The van der Waals surface area contributed by atoms with Crippen LogP contribution in [-0.2, 0) is 6.42 Å². The monoisotopic (exact) mass is 259 g/mol. The molecule has 16 heavy (non-hydrogen) atoms. The SMILES string of the molecule is CCCC(CCCl)CNCCc1ccsc1. The molecular weight excluding hydrogens is 238 g/mol. The third-order valence-corrected chi connectivity index (χ3v) is 3.77. The van der Waals surface area contributed by atoms with Crippen LogP contribution in [0.3, 0.4) is 0 Å². The lowest BCUT2D eigenvalue weighted by molar-refractivity contribution is 0.432. The molecule has 0 radical (unpaired) electrons. The molecule has 0 aromatic carbocycles. The molecule has 1 heterocycles. The summed E-state index contributed by atoms with van der Waals surface area (Å²) in [7, 11) is 0. The molecule has 0 saturated carbocycles. The molecule has 1 aromatic rings. The maximum atomic E-state index is 5.80. The zero-order valence-electron chi connectivity index (χ0n) is 10.0. The minimum Gasteiger partial charge on any atom is -0.316 e. The Hall–Kier alpha value is -0.0500. The molecule has 1 unspecified atom stereocenters. The van der Waals surface area contributed by atoms with Gasteiger partial charge in [0.05, 0.1) is 0 Å². The average molecular weight is 260 g/mol. The minimum absolute atomic E-state index is 0.755. The Morgan fingerprint density at radius 2 is 2.31 bits per heavy atom. The van der Waals surface area contributed by atoms with E-state index >= 15 is 0 Å². The highest BCUT2D eigenvalue weighted by Crippen LogP contribution is 2.11. The number of hydrogen-bond acceptors (Lipinski definition) is 2. The quantitative estimate of drug-likeness (QED) is 0.524. The van der Waals surface area contributed by atoms with Crippen LogP contribution in [0.5, 0.6) is 0 Å². The van der Waals surface area contributed by atoms with E-state index in [-0.39, 0.29) is 0 Å². The van der Waals surface area contributed by atoms with Crippen molar-refractivity contribution < 1.29 is 0 Å². The second-order valence-corrected chi connectivity index (χ2v) is 5.38. The van der Waals surface area contributed by atoms with Crippen LogP contribution < -0.4 is 5.32 Å². The number of halogens is 1. The summed E-state index contributed by atoms with van der Waals surface area (Å²) in [6.45, 7) is 4.44. The van der Waals surface area contributed by atoms with E-state index in [1.807, 2.05) is 0 Å². The number of alkyl halides is 1. The lowest BCUT2D eigenvalue weighted by atomic mass is 10.0. The molecule has 0 spiro atoms. The highest BCUT2D eigenvalue weighted by atomic mass is 35.5. The van der Waals surface area contributed by atoms with Crippen LogP contribution in [0.4, 0.5) is 0 Å². The van der Waals surface area contributed by atoms with Crippen molar-refractivity contribution in [1.82, 2.24) is 5.32 Å². The Bertz CT molecular complexity index is 242. The fraction of sp³-hybridized carbons (Fsp3) is 0.692. The van der Waals surface area contributed by atoms with Crippen molar-refractivity contribution in [2.45, 2.75) is 32.6 Å². The standard InChI is InChI=1S/C13H22ClNS/c1-2-3-12(4-7-14)10-15-8-5-13-6-9-16-11-13/h6,9,11-12,15H,2-5,7-8,10H2,1H3. The van der Waals surface area contributed by atoms with Crippen molar-refractivity contribution in [1.29, 1.82) is 0 Å². The van der Waals surface area contributed by atoms with Gasteiger partial charge in [0, 0.05) is 5.88 Å². The van der Waals surface area contributed by atoms with Gasteiger partial charge in [0.15, 0.2) is 0 Å². The lowest BCUT2D eigenvalue weighted by Gasteiger charge is -2.15. The van der Waals surface area contributed by atoms with Crippen LogP contribution in [-0.4, -0.2) is 19.0 Å². The average Bonchev–Trinajstić information content (AvgIpc) is 2.78. The van der Waals surface area contributed by atoms with Crippen LogP contribution in [0, 0.1) is 5.92 Å². The van der Waals surface area contributed by atoms with Gasteiger partial charge in [-0.3, -0.25) is 0 Å². The van der Waals surface area contributed by atoms with Crippen LogP contribution in [0.2, 0.25) is 0 Å². The number of nitrogens with one attached hydrogen (secondary N) is 1. The Balaban J connectivity index is 2.08. The van der Waals surface area contributed by atoms with E-state index in [4.69, 9.17) is 11.6 Å². The van der Waals surface area contributed by atoms with Crippen molar-refractivity contribution >= 4 is 22.9 Å². The second kappa shape index (κ2) is 9.03. The molecule has 1 nitrogen and oxygen atoms in total. The fourth-order valence-corrected chi connectivity index (χ4v) is 2.90. The largest absolute Gasteiger partial charge is 0.316 e. The van der Waals surface area contributed by atoms with Crippen molar-refractivity contribution in [3.63, 3.8) is 0 Å². The third kappa shape index (κ3) is 5.88. The van der Waals surface area contributed by atoms with Gasteiger partial charge in [0.1, 0.15) is 0 Å². The molecule has 0 fully saturated rings. The Labute approximate surface area is 108 Å². The first-order chi connectivity index (χ1) is 7.86. The Morgan fingerprint density at radius 1 is 1.44 bits per heavy atom. The predicted octanol–water partition coefficient (Wildman–Crippen LogP) is 3.93. The number of hydrogen-bond donors (Lipinski definition) is 1. The normalized spacial score (nSPS) is 12.9. The summed E-state index contributed by atoms with van der Waals surface area (Å²) in [6, 6.07) is 2.20. The highest BCUT2D eigenvalue weighted by molar-refractivity contribution is 7.07. The van der Waals surface area contributed by atoms with Crippen LogP contribution >= 0.6 is 22.9 Å². The molecule has 1 rings (SSSR count). The van der Waals surface area contributed by atoms with Crippen molar-refractivity contribution in [2.24, 2.45) is 5.92 Å². The molecular formula is C13H22ClNS. The molecule has 0 aliphatic heterocycles. The molecule has 0 aliphatic carbocycles. The smallest absolute Gasteiger partial charge is 0.0226 e. The first-order valence-electron chi connectivity index (χ1n) is 6.14. The summed E-state index contributed by atoms with van der Waals surface area (Å²) in [5, 5.41) is 7.91. The molecule has 1 N–H and O–H groups in total. The molecule has 1 atom stereocenters.